The quantitative estimate of drug-likeness (QED) is 0.808. The predicted octanol–water partition coefficient (Wildman–Crippen LogP) is 0.545. The molecule has 1 amide bonds. The smallest absolute Gasteiger partial charge is 0.327 e. The lowest BCUT2D eigenvalue weighted by atomic mass is 10.1. The Bertz CT molecular complexity index is 359. The number of nitrogens with zero attached hydrogens (tertiary/aromatic N) is 1. The van der Waals surface area contributed by atoms with Crippen LogP contribution in [0.5, 0.6) is 0 Å². The van der Waals surface area contributed by atoms with Gasteiger partial charge >= 0.3 is 5.97 Å². The molecule has 1 saturated heterocycles. The molecular formula is C11H17NO5S. The van der Waals surface area contributed by atoms with Crippen LogP contribution in [0.1, 0.15) is 27.2 Å². The third kappa shape index (κ3) is 2.90. The Hall–Kier alpha value is -1.37. The summed E-state index contributed by atoms with van der Waals surface area (Å²) in [5.74, 6) is -1.28. The molecular weight excluding hydrogens is 258 g/mol. The average molecular weight is 275 g/mol. The van der Waals surface area contributed by atoms with Gasteiger partial charge in [0.25, 0.3) is 0 Å². The number of carbonyl (C=O) groups excluding carboxylic acids is 3. The molecule has 0 aromatic rings. The molecule has 1 aliphatic rings. The molecule has 0 bridgehead atoms. The highest BCUT2D eigenvalue weighted by Gasteiger charge is 2.51. The standard InChI is InChI=1S/C10H15NO4S.CH2O/c1-4-8(13)11-7(9(14)15)5-16-10(11,3)6(2)12;1-2/h7H,4-5H2,1-3H3,(H,14,15);1H2. The number of thioether (sulfide) groups is 1. The summed E-state index contributed by atoms with van der Waals surface area (Å²) in [6.07, 6.45) is 0.202. The van der Waals surface area contributed by atoms with Crippen molar-refractivity contribution in [3.63, 3.8) is 0 Å². The Morgan fingerprint density at radius 1 is 1.44 bits per heavy atom. The average Bonchev–Trinajstić information content (AvgIpc) is 2.70. The van der Waals surface area contributed by atoms with Gasteiger partial charge in [-0.1, -0.05) is 6.92 Å². The first kappa shape index (κ1) is 16.6. The van der Waals surface area contributed by atoms with Gasteiger partial charge in [-0.3, -0.25) is 9.59 Å². The lowest BCUT2D eigenvalue weighted by molar-refractivity contribution is -0.152. The summed E-state index contributed by atoms with van der Waals surface area (Å²) >= 11 is 1.22. The van der Waals surface area contributed by atoms with Gasteiger partial charge in [0.15, 0.2) is 5.78 Å². The maximum absolute atomic E-state index is 11.7. The van der Waals surface area contributed by atoms with Gasteiger partial charge in [0.05, 0.1) is 0 Å². The number of carbonyl (C=O) groups is 4. The van der Waals surface area contributed by atoms with Crippen LogP contribution >= 0.6 is 11.8 Å². The van der Waals surface area contributed by atoms with Crippen molar-refractivity contribution in [3.8, 4) is 0 Å². The minimum Gasteiger partial charge on any atom is -0.480 e. The minimum absolute atomic E-state index is 0.192. The fourth-order valence-electron chi connectivity index (χ4n) is 1.72. The van der Waals surface area contributed by atoms with E-state index in [9.17, 15) is 14.4 Å². The molecule has 2 unspecified atom stereocenters. The van der Waals surface area contributed by atoms with E-state index < -0.39 is 16.9 Å². The van der Waals surface area contributed by atoms with E-state index in [1.165, 1.54) is 23.6 Å². The zero-order chi connectivity index (χ0) is 14.5. The van der Waals surface area contributed by atoms with Gasteiger partial charge in [-0.2, -0.15) is 0 Å². The van der Waals surface area contributed by atoms with Crippen LogP contribution in [-0.4, -0.2) is 51.1 Å². The molecule has 0 radical (unpaired) electrons. The molecule has 0 aliphatic carbocycles. The fourth-order valence-corrected chi connectivity index (χ4v) is 3.06. The molecule has 7 heteroatoms. The molecule has 1 aliphatic heterocycles. The Labute approximate surface area is 110 Å². The molecule has 1 rings (SSSR count). The van der Waals surface area contributed by atoms with Crippen molar-refractivity contribution in [2.45, 2.75) is 38.1 Å². The second-order valence-electron chi connectivity index (χ2n) is 3.82. The van der Waals surface area contributed by atoms with Crippen molar-refractivity contribution < 1.29 is 24.3 Å². The van der Waals surface area contributed by atoms with Gasteiger partial charge in [-0.15, -0.1) is 11.8 Å². The van der Waals surface area contributed by atoms with Crippen molar-refractivity contribution >= 4 is 36.2 Å². The number of carboxylic acid groups (broad SMARTS) is 1. The number of hydrogen-bond acceptors (Lipinski definition) is 5. The maximum Gasteiger partial charge on any atom is 0.327 e. The number of amides is 1. The number of rotatable bonds is 3. The van der Waals surface area contributed by atoms with E-state index in [2.05, 4.69) is 0 Å². The second kappa shape index (κ2) is 6.53. The fraction of sp³-hybridized carbons (Fsp3) is 0.636. The van der Waals surface area contributed by atoms with E-state index in [4.69, 9.17) is 9.90 Å². The number of hydrogen-bond donors (Lipinski definition) is 1. The van der Waals surface area contributed by atoms with Gasteiger partial charge < -0.3 is 14.8 Å². The Morgan fingerprint density at radius 3 is 2.28 bits per heavy atom. The number of aliphatic carboxylic acids is 1. The van der Waals surface area contributed by atoms with Crippen LogP contribution in [0.4, 0.5) is 0 Å². The van der Waals surface area contributed by atoms with Crippen LogP contribution in [0.25, 0.3) is 0 Å². The normalized spacial score (nSPS) is 26.2. The largest absolute Gasteiger partial charge is 0.480 e. The summed E-state index contributed by atoms with van der Waals surface area (Å²) in [4.78, 5) is 42.5. The van der Waals surface area contributed by atoms with Crippen LogP contribution in [0.3, 0.4) is 0 Å². The van der Waals surface area contributed by atoms with E-state index in [0.29, 0.717) is 0 Å². The molecule has 0 aromatic heterocycles. The Balaban J connectivity index is 0.00000137. The number of Topliss-reactive ketones (excluding diaryl/α,β-unsaturated/α-hetero) is 1. The molecule has 102 valence electrons. The highest BCUT2D eigenvalue weighted by atomic mass is 32.2. The molecule has 1 fully saturated rings. The third-order valence-electron chi connectivity index (χ3n) is 2.80. The number of carboxylic acids is 1. The topological polar surface area (TPSA) is 91.8 Å². The molecule has 6 nitrogen and oxygen atoms in total. The summed E-state index contributed by atoms with van der Waals surface area (Å²) in [6, 6.07) is -0.897. The van der Waals surface area contributed by atoms with Crippen LogP contribution in [-0.2, 0) is 19.2 Å². The third-order valence-corrected chi connectivity index (χ3v) is 4.33. The molecule has 0 spiro atoms. The first-order chi connectivity index (χ1) is 8.34. The SMILES string of the molecule is C=O.CCC(=O)N1C(C(=O)O)CSC1(C)C(C)=O. The van der Waals surface area contributed by atoms with E-state index in [1.807, 2.05) is 6.79 Å². The van der Waals surface area contributed by atoms with E-state index >= 15 is 0 Å². The van der Waals surface area contributed by atoms with Crippen LogP contribution in [0.2, 0.25) is 0 Å². The van der Waals surface area contributed by atoms with Crippen LogP contribution < -0.4 is 0 Å². The van der Waals surface area contributed by atoms with Crippen LogP contribution in [0, 0.1) is 0 Å². The van der Waals surface area contributed by atoms with Gasteiger partial charge in [-0.05, 0) is 13.8 Å². The zero-order valence-corrected chi connectivity index (χ0v) is 11.5. The van der Waals surface area contributed by atoms with Crippen molar-refractivity contribution in [1.29, 1.82) is 0 Å². The van der Waals surface area contributed by atoms with Crippen molar-refractivity contribution in [3.05, 3.63) is 0 Å². The lowest BCUT2D eigenvalue weighted by Gasteiger charge is -2.33. The lowest BCUT2D eigenvalue weighted by Crippen LogP contribution is -2.54. The van der Waals surface area contributed by atoms with Crippen molar-refractivity contribution in [1.82, 2.24) is 4.90 Å². The molecule has 0 saturated carbocycles. The van der Waals surface area contributed by atoms with Crippen molar-refractivity contribution in [2.24, 2.45) is 0 Å². The highest BCUT2D eigenvalue weighted by Crippen LogP contribution is 2.40. The van der Waals surface area contributed by atoms with Gasteiger partial charge in [0.2, 0.25) is 5.91 Å². The Morgan fingerprint density at radius 2 is 1.94 bits per heavy atom. The monoisotopic (exact) mass is 275 g/mol. The number of ketones is 1. The highest BCUT2D eigenvalue weighted by molar-refractivity contribution is 8.01. The first-order valence-electron chi connectivity index (χ1n) is 5.33. The minimum atomic E-state index is -1.06. The zero-order valence-electron chi connectivity index (χ0n) is 10.6. The predicted molar refractivity (Wildman–Crippen MR) is 67.2 cm³/mol. The van der Waals surface area contributed by atoms with Crippen LogP contribution in [0.15, 0.2) is 0 Å². The summed E-state index contributed by atoms with van der Waals surface area (Å²) < 4.78 is 0. The van der Waals surface area contributed by atoms with E-state index in [-0.39, 0.29) is 23.9 Å². The van der Waals surface area contributed by atoms with E-state index in [1.54, 1.807) is 13.8 Å². The summed E-state index contributed by atoms with van der Waals surface area (Å²) in [5.41, 5.74) is 0. The summed E-state index contributed by atoms with van der Waals surface area (Å²) in [6.45, 7) is 6.65. The summed E-state index contributed by atoms with van der Waals surface area (Å²) in [5, 5.41) is 9.02. The van der Waals surface area contributed by atoms with Gasteiger partial charge in [-0.25, -0.2) is 4.79 Å². The van der Waals surface area contributed by atoms with E-state index in [0.717, 1.165) is 0 Å². The van der Waals surface area contributed by atoms with Gasteiger partial charge in [0.1, 0.15) is 17.7 Å². The van der Waals surface area contributed by atoms with Crippen molar-refractivity contribution in [2.75, 3.05) is 5.75 Å². The molecule has 1 N–H and O–H groups in total. The Kier molecular flexibility index (Phi) is 6.04. The molecule has 0 aromatic carbocycles. The first-order valence-corrected chi connectivity index (χ1v) is 6.32. The maximum atomic E-state index is 11.7. The van der Waals surface area contributed by atoms with Gasteiger partial charge in [0, 0.05) is 12.2 Å². The second-order valence-corrected chi connectivity index (χ2v) is 5.24. The molecule has 2 atom stereocenters. The summed E-state index contributed by atoms with van der Waals surface area (Å²) in [7, 11) is 0. The molecule has 1 heterocycles. The molecule has 18 heavy (non-hydrogen) atoms.